The van der Waals surface area contributed by atoms with Crippen LogP contribution in [0.3, 0.4) is 0 Å². The number of aliphatic hydroxyl groups excluding tert-OH is 2. The molecule has 6 nitrogen and oxygen atoms in total. The lowest BCUT2D eigenvalue weighted by molar-refractivity contribution is -0.150. The van der Waals surface area contributed by atoms with Crippen LogP contribution in [-0.4, -0.2) is 46.9 Å². The van der Waals surface area contributed by atoms with E-state index in [1.165, 1.54) is 70.6 Å². The van der Waals surface area contributed by atoms with E-state index in [1.807, 2.05) is 6.08 Å². The minimum Gasteiger partial charge on any atom is -0.462 e. The molecule has 0 aromatic carbocycles. The van der Waals surface area contributed by atoms with Crippen molar-refractivity contribution in [3.05, 3.63) is 72.9 Å². The first-order valence-electron chi connectivity index (χ1n) is 23.7. The Kier molecular flexibility index (Phi) is 42.3. The van der Waals surface area contributed by atoms with E-state index in [0.717, 1.165) is 89.9 Å². The molecule has 0 heterocycles. The molecule has 0 bridgehead atoms. The van der Waals surface area contributed by atoms with Crippen molar-refractivity contribution >= 4 is 11.9 Å². The third-order valence-electron chi connectivity index (χ3n) is 10.3. The standard InChI is InChI=1S/C51H89NO5/c1-4-7-10-13-16-19-21-23-25-26-28-30-32-35-38-41-44-51(56)57-47(42-39-36-33-18-15-12-9-6-3)45-50(55)52-48(46-53)49(54)43-40-37-34-31-29-27-24-22-20-17-14-11-8-5-2/h7,10,12,15-16,19,23,25,28,30,35,38,47-49,53-54H,4-6,8-9,11,13-14,17-18,20-22,24,26-27,29,31-34,36-37,39-46H2,1-3H3,(H,52,55)/b10-7+,15-12-,19-16+,25-23+,30-28+,38-35+. The van der Waals surface area contributed by atoms with Gasteiger partial charge in [-0.15, -0.1) is 0 Å². The van der Waals surface area contributed by atoms with Crippen LogP contribution in [0.25, 0.3) is 0 Å². The molecule has 0 aliphatic carbocycles. The second-order valence-electron chi connectivity index (χ2n) is 15.8. The lowest BCUT2D eigenvalue weighted by atomic mass is 10.0. The molecule has 0 radical (unpaired) electrons. The Labute approximate surface area is 351 Å². The van der Waals surface area contributed by atoms with Crippen molar-refractivity contribution in [2.75, 3.05) is 6.61 Å². The molecule has 0 aliphatic heterocycles. The molecule has 57 heavy (non-hydrogen) atoms. The van der Waals surface area contributed by atoms with Gasteiger partial charge in [-0.1, -0.05) is 196 Å². The van der Waals surface area contributed by atoms with Crippen LogP contribution in [0.4, 0.5) is 0 Å². The van der Waals surface area contributed by atoms with E-state index < -0.39 is 18.2 Å². The SMILES string of the molecule is CC/C=C/C/C=C/C/C=C/C/C=C/C/C=C/CCC(=O)OC(CCCCC/C=C\CCC)CC(=O)NC(CO)C(O)CCCCCCCCCCCCCCCC. The van der Waals surface area contributed by atoms with Crippen LogP contribution in [-0.2, 0) is 14.3 Å². The maximum atomic E-state index is 13.1. The maximum Gasteiger partial charge on any atom is 0.306 e. The van der Waals surface area contributed by atoms with Gasteiger partial charge in [0.15, 0.2) is 0 Å². The summed E-state index contributed by atoms with van der Waals surface area (Å²) in [6.07, 6.45) is 55.5. The molecule has 3 unspecified atom stereocenters. The zero-order chi connectivity index (χ0) is 41.7. The number of aliphatic hydroxyl groups is 2. The number of hydrogen-bond acceptors (Lipinski definition) is 5. The minimum atomic E-state index is -0.804. The van der Waals surface area contributed by atoms with Gasteiger partial charge in [0.1, 0.15) is 6.10 Å². The summed E-state index contributed by atoms with van der Waals surface area (Å²) in [6.45, 7) is 6.26. The van der Waals surface area contributed by atoms with Crippen molar-refractivity contribution in [1.82, 2.24) is 5.32 Å². The highest BCUT2D eigenvalue weighted by Crippen LogP contribution is 2.16. The molecule has 3 atom stereocenters. The first-order valence-corrected chi connectivity index (χ1v) is 23.7. The van der Waals surface area contributed by atoms with E-state index in [4.69, 9.17) is 4.74 Å². The largest absolute Gasteiger partial charge is 0.462 e. The number of nitrogens with one attached hydrogen (secondary N) is 1. The predicted molar refractivity (Wildman–Crippen MR) is 245 cm³/mol. The first-order chi connectivity index (χ1) is 28.0. The van der Waals surface area contributed by atoms with Crippen LogP contribution < -0.4 is 5.32 Å². The van der Waals surface area contributed by atoms with Crippen LogP contribution in [0.15, 0.2) is 72.9 Å². The van der Waals surface area contributed by atoms with E-state index in [0.29, 0.717) is 19.3 Å². The number of carbonyl (C=O) groups is 2. The summed E-state index contributed by atoms with van der Waals surface area (Å²) in [5, 5.41) is 23.6. The average molecular weight is 796 g/mol. The summed E-state index contributed by atoms with van der Waals surface area (Å²) in [5.41, 5.74) is 0. The van der Waals surface area contributed by atoms with E-state index >= 15 is 0 Å². The van der Waals surface area contributed by atoms with Gasteiger partial charge < -0.3 is 20.3 Å². The van der Waals surface area contributed by atoms with Gasteiger partial charge in [0.25, 0.3) is 0 Å². The monoisotopic (exact) mass is 796 g/mol. The average Bonchev–Trinajstić information content (AvgIpc) is 3.20. The molecule has 0 spiro atoms. The predicted octanol–water partition coefficient (Wildman–Crippen LogP) is 13.8. The van der Waals surface area contributed by atoms with Gasteiger partial charge in [-0.2, -0.15) is 0 Å². The van der Waals surface area contributed by atoms with E-state index in [-0.39, 0.29) is 31.3 Å². The molecule has 0 aliphatic rings. The van der Waals surface area contributed by atoms with E-state index in [1.54, 1.807) is 0 Å². The van der Waals surface area contributed by atoms with Gasteiger partial charge in [-0.25, -0.2) is 0 Å². The summed E-state index contributed by atoms with van der Waals surface area (Å²) in [5.74, 6) is -0.597. The molecule has 328 valence electrons. The Morgan fingerprint density at radius 2 is 0.982 bits per heavy atom. The lowest BCUT2D eigenvalue weighted by Gasteiger charge is -2.24. The summed E-state index contributed by atoms with van der Waals surface area (Å²) < 4.78 is 5.84. The number of rotatable bonds is 41. The third kappa shape index (κ3) is 39.9. The highest BCUT2D eigenvalue weighted by molar-refractivity contribution is 5.77. The number of carbonyl (C=O) groups excluding carboxylic acids is 2. The summed E-state index contributed by atoms with van der Waals surface area (Å²) in [7, 11) is 0. The smallest absolute Gasteiger partial charge is 0.306 e. The molecule has 0 fully saturated rings. The number of allylic oxidation sites excluding steroid dienone is 12. The maximum absolute atomic E-state index is 13.1. The van der Waals surface area contributed by atoms with Crippen LogP contribution in [0, 0.1) is 0 Å². The van der Waals surface area contributed by atoms with Crippen LogP contribution in [0.1, 0.15) is 213 Å². The van der Waals surface area contributed by atoms with Gasteiger partial charge in [0.2, 0.25) is 5.91 Å². The van der Waals surface area contributed by atoms with Crippen LogP contribution in [0.2, 0.25) is 0 Å². The molecule has 3 N–H and O–H groups in total. The first kappa shape index (κ1) is 54.3. The number of hydrogen-bond donors (Lipinski definition) is 3. The second kappa shape index (κ2) is 44.4. The normalized spacial score (nSPS) is 14.0. The molecule has 0 rings (SSSR count). The van der Waals surface area contributed by atoms with Crippen molar-refractivity contribution in [2.45, 2.75) is 232 Å². The Balaban J connectivity index is 4.58. The summed E-state index contributed by atoms with van der Waals surface area (Å²) >= 11 is 0. The number of amides is 1. The highest BCUT2D eigenvalue weighted by Gasteiger charge is 2.24. The second-order valence-corrected chi connectivity index (χ2v) is 15.8. The third-order valence-corrected chi connectivity index (χ3v) is 10.3. The number of esters is 1. The Hall–Kier alpha value is -2.70. The van der Waals surface area contributed by atoms with Crippen molar-refractivity contribution in [3.8, 4) is 0 Å². The number of unbranched alkanes of at least 4 members (excludes halogenated alkanes) is 17. The fraction of sp³-hybridized carbons (Fsp3) is 0.725. The Morgan fingerprint density at radius 1 is 0.526 bits per heavy atom. The van der Waals surface area contributed by atoms with Crippen molar-refractivity contribution in [2.24, 2.45) is 0 Å². The molecular formula is C51H89NO5. The van der Waals surface area contributed by atoms with Gasteiger partial charge >= 0.3 is 5.97 Å². The van der Waals surface area contributed by atoms with Crippen molar-refractivity contribution < 1.29 is 24.5 Å². The summed E-state index contributed by atoms with van der Waals surface area (Å²) in [4.78, 5) is 25.9. The van der Waals surface area contributed by atoms with E-state index in [2.05, 4.69) is 92.9 Å². The van der Waals surface area contributed by atoms with Crippen LogP contribution in [0.5, 0.6) is 0 Å². The topological polar surface area (TPSA) is 95.9 Å². The van der Waals surface area contributed by atoms with E-state index in [9.17, 15) is 19.8 Å². The molecule has 0 aromatic heterocycles. The minimum absolute atomic E-state index is 0.0336. The van der Waals surface area contributed by atoms with Gasteiger partial charge in [-0.3, -0.25) is 9.59 Å². The fourth-order valence-electron chi connectivity index (χ4n) is 6.72. The highest BCUT2D eigenvalue weighted by atomic mass is 16.5. The molecular weight excluding hydrogens is 707 g/mol. The molecule has 0 aromatic rings. The van der Waals surface area contributed by atoms with Gasteiger partial charge in [0.05, 0.1) is 25.2 Å². The van der Waals surface area contributed by atoms with Gasteiger partial charge in [0, 0.05) is 6.42 Å². The fourth-order valence-corrected chi connectivity index (χ4v) is 6.72. The summed E-state index contributed by atoms with van der Waals surface area (Å²) in [6, 6.07) is -0.721. The van der Waals surface area contributed by atoms with Crippen molar-refractivity contribution in [1.29, 1.82) is 0 Å². The number of ether oxygens (including phenoxy) is 1. The molecule has 6 heteroatoms. The Morgan fingerprint density at radius 3 is 1.51 bits per heavy atom. The van der Waals surface area contributed by atoms with Gasteiger partial charge in [-0.05, 0) is 77.0 Å². The zero-order valence-corrected chi connectivity index (χ0v) is 37.2. The molecule has 0 saturated heterocycles. The lowest BCUT2D eigenvalue weighted by Crippen LogP contribution is -2.46. The molecule has 0 saturated carbocycles. The molecule has 1 amide bonds. The van der Waals surface area contributed by atoms with Crippen LogP contribution >= 0.6 is 0 Å². The Bertz CT molecular complexity index is 1070. The zero-order valence-electron chi connectivity index (χ0n) is 37.2. The quantitative estimate of drug-likeness (QED) is 0.0325. The van der Waals surface area contributed by atoms with Crippen molar-refractivity contribution in [3.63, 3.8) is 0 Å².